The molecule has 2 N–H and O–H groups in total. The summed E-state index contributed by atoms with van der Waals surface area (Å²) in [6.45, 7) is 3.98. The quantitative estimate of drug-likeness (QED) is 0.861. The molecule has 124 valence electrons. The van der Waals surface area contributed by atoms with Crippen molar-refractivity contribution in [3.8, 4) is 0 Å². The van der Waals surface area contributed by atoms with Gasteiger partial charge in [-0.25, -0.2) is 0 Å². The minimum Gasteiger partial charge on any atom is -0.396 e. The van der Waals surface area contributed by atoms with Crippen molar-refractivity contribution in [1.29, 1.82) is 0 Å². The molecule has 1 aliphatic rings. The van der Waals surface area contributed by atoms with E-state index in [1.165, 1.54) is 10.9 Å². The number of piperidine rings is 1. The van der Waals surface area contributed by atoms with Crippen molar-refractivity contribution in [3.63, 3.8) is 0 Å². The lowest BCUT2D eigenvalue weighted by Gasteiger charge is -2.38. The molecule has 1 fully saturated rings. The molecule has 1 aromatic carbocycles. The van der Waals surface area contributed by atoms with Gasteiger partial charge in [0.25, 0.3) is 0 Å². The van der Waals surface area contributed by atoms with Gasteiger partial charge >= 0.3 is 0 Å². The summed E-state index contributed by atoms with van der Waals surface area (Å²) in [5, 5.41) is 10.4. The Morgan fingerprint density at radius 2 is 2.13 bits per heavy atom. The van der Waals surface area contributed by atoms with Gasteiger partial charge in [0.15, 0.2) is 0 Å². The van der Waals surface area contributed by atoms with Gasteiger partial charge in [-0.15, -0.1) is 0 Å². The molecule has 0 radical (unpaired) electrons. The molecule has 2 atom stereocenters. The molecule has 1 aliphatic heterocycles. The molecular weight excluding hydrogens is 288 g/mol. The average Bonchev–Trinajstić information content (AvgIpc) is 2.98. The average molecular weight is 314 g/mol. The normalized spacial score (nSPS) is 22.0. The number of likely N-dealkylation sites (tertiary alicyclic amines) is 1. The van der Waals surface area contributed by atoms with Crippen LogP contribution in [0.2, 0.25) is 0 Å². The van der Waals surface area contributed by atoms with Gasteiger partial charge in [0, 0.05) is 43.2 Å². The number of benzene rings is 1. The van der Waals surface area contributed by atoms with Crippen LogP contribution in [0.15, 0.2) is 30.5 Å². The van der Waals surface area contributed by atoms with Crippen molar-refractivity contribution < 1.29 is 9.90 Å². The second kappa shape index (κ2) is 7.18. The Balaban J connectivity index is 1.65. The van der Waals surface area contributed by atoms with Crippen LogP contribution in [0.1, 0.15) is 31.7 Å². The Morgan fingerprint density at radius 1 is 1.30 bits per heavy atom. The first-order valence-electron chi connectivity index (χ1n) is 8.66. The summed E-state index contributed by atoms with van der Waals surface area (Å²) < 4.78 is 0. The molecule has 23 heavy (non-hydrogen) atoms. The van der Waals surface area contributed by atoms with Crippen LogP contribution in [-0.4, -0.2) is 40.6 Å². The molecule has 3 rings (SSSR count). The number of nitrogens with zero attached hydrogens (tertiary/aromatic N) is 1. The molecular formula is C19H26N2O2. The van der Waals surface area contributed by atoms with Crippen LogP contribution in [0.3, 0.4) is 0 Å². The van der Waals surface area contributed by atoms with Gasteiger partial charge in [0.2, 0.25) is 5.91 Å². The maximum Gasteiger partial charge on any atom is 0.222 e. The van der Waals surface area contributed by atoms with Crippen LogP contribution >= 0.6 is 0 Å². The van der Waals surface area contributed by atoms with Crippen LogP contribution in [0.25, 0.3) is 10.9 Å². The van der Waals surface area contributed by atoms with Gasteiger partial charge in [-0.05, 0) is 36.3 Å². The lowest BCUT2D eigenvalue weighted by atomic mass is 9.81. The number of rotatable bonds is 6. The predicted molar refractivity (Wildman–Crippen MR) is 92.2 cm³/mol. The number of H-pyrrole nitrogens is 1. The van der Waals surface area contributed by atoms with E-state index >= 15 is 0 Å². The molecule has 0 bridgehead atoms. The van der Waals surface area contributed by atoms with Gasteiger partial charge < -0.3 is 15.0 Å². The van der Waals surface area contributed by atoms with Crippen molar-refractivity contribution in [3.05, 3.63) is 36.0 Å². The largest absolute Gasteiger partial charge is 0.396 e. The molecule has 0 spiro atoms. The van der Waals surface area contributed by atoms with E-state index in [1.807, 2.05) is 11.0 Å². The highest BCUT2D eigenvalue weighted by Gasteiger charge is 2.32. The molecule has 0 saturated carbocycles. The predicted octanol–water partition coefficient (Wildman–Crippen LogP) is 2.97. The highest BCUT2D eigenvalue weighted by Crippen LogP contribution is 2.30. The lowest BCUT2D eigenvalue weighted by molar-refractivity contribution is -0.137. The van der Waals surface area contributed by atoms with Crippen LogP contribution in [0.4, 0.5) is 0 Å². The number of aromatic amines is 1. The molecule has 0 aliphatic carbocycles. The van der Waals surface area contributed by atoms with E-state index in [4.69, 9.17) is 0 Å². The Labute approximate surface area is 137 Å². The van der Waals surface area contributed by atoms with Crippen molar-refractivity contribution in [1.82, 2.24) is 9.88 Å². The lowest BCUT2D eigenvalue weighted by Crippen LogP contribution is -2.45. The van der Waals surface area contributed by atoms with E-state index in [1.54, 1.807) is 0 Å². The summed E-state index contributed by atoms with van der Waals surface area (Å²) in [7, 11) is 0. The van der Waals surface area contributed by atoms with Crippen LogP contribution in [0.5, 0.6) is 0 Å². The second-order valence-electron chi connectivity index (χ2n) is 6.59. The summed E-state index contributed by atoms with van der Waals surface area (Å²) in [5.41, 5.74) is 2.43. The molecule has 1 amide bonds. The van der Waals surface area contributed by atoms with Crippen molar-refractivity contribution in [2.24, 2.45) is 11.8 Å². The van der Waals surface area contributed by atoms with Crippen LogP contribution < -0.4 is 0 Å². The summed E-state index contributed by atoms with van der Waals surface area (Å²) in [4.78, 5) is 17.7. The number of aromatic nitrogens is 1. The number of hydrogen-bond acceptors (Lipinski definition) is 2. The van der Waals surface area contributed by atoms with Gasteiger partial charge in [0.1, 0.15) is 0 Å². The van der Waals surface area contributed by atoms with E-state index in [0.29, 0.717) is 18.3 Å². The molecule has 1 aromatic heterocycles. The van der Waals surface area contributed by atoms with Crippen molar-refractivity contribution in [2.75, 3.05) is 19.7 Å². The summed E-state index contributed by atoms with van der Waals surface area (Å²) in [5.74, 6) is 1.11. The first-order chi connectivity index (χ1) is 11.2. The summed E-state index contributed by atoms with van der Waals surface area (Å²) in [6, 6.07) is 8.30. The van der Waals surface area contributed by atoms with E-state index in [0.717, 1.165) is 37.9 Å². The fourth-order valence-electron chi connectivity index (χ4n) is 3.83. The van der Waals surface area contributed by atoms with Gasteiger partial charge in [-0.3, -0.25) is 4.79 Å². The first-order valence-corrected chi connectivity index (χ1v) is 8.66. The third-order valence-corrected chi connectivity index (χ3v) is 5.26. The SMILES string of the molecule is CC[C@H]1CN(CCc2c[nH]c3ccccc23)C(=O)C[C@@H]1CCO. The number of carbonyl (C=O) groups is 1. The minimum absolute atomic E-state index is 0.184. The molecule has 4 nitrogen and oxygen atoms in total. The highest BCUT2D eigenvalue weighted by atomic mass is 16.3. The zero-order valence-corrected chi connectivity index (χ0v) is 13.8. The number of aliphatic hydroxyl groups excluding tert-OH is 1. The van der Waals surface area contributed by atoms with Gasteiger partial charge in [-0.1, -0.05) is 31.5 Å². The molecule has 2 aromatic rings. The first kappa shape index (κ1) is 16.1. The molecule has 4 heteroatoms. The summed E-state index contributed by atoms with van der Waals surface area (Å²) in [6.07, 6.45) is 5.36. The van der Waals surface area contributed by atoms with E-state index in [-0.39, 0.29) is 12.5 Å². The number of amides is 1. The van der Waals surface area contributed by atoms with E-state index < -0.39 is 0 Å². The minimum atomic E-state index is 0.184. The highest BCUT2D eigenvalue weighted by molar-refractivity contribution is 5.83. The molecule has 2 heterocycles. The Bertz CT molecular complexity index is 664. The molecule has 0 unspecified atom stereocenters. The Hall–Kier alpha value is -1.81. The van der Waals surface area contributed by atoms with Crippen LogP contribution in [-0.2, 0) is 11.2 Å². The number of aliphatic hydroxyl groups is 1. The van der Waals surface area contributed by atoms with Gasteiger partial charge in [-0.2, -0.15) is 0 Å². The van der Waals surface area contributed by atoms with Crippen molar-refractivity contribution in [2.45, 2.75) is 32.6 Å². The van der Waals surface area contributed by atoms with E-state index in [9.17, 15) is 9.90 Å². The Kier molecular flexibility index (Phi) is 5.01. The Morgan fingerprint density at radius 3 is 2.91 bits per heavy atom. The fourth-order valence-corrected chi connectivity index (χ4v) is 3.83. The second-order valence-corrected chi connectivity index (χ2v) is 6.59. The number of carbonyl (C=O) groups excluding carboxylic acids is 1. The number of fused-ring (bicyclic) bond motifs is 1. The number of para-hydroxylation sites is 1. The monoisotopic (exact) mass is 314 g/mol. The van der Waals surface area contributed by atoms with E-state index in [2.05, 4.69) is 36.3 Å². The zero-order valence-electron chi connectivity index (χ0n) is 13.8. The topological polar surface area (TPSA) is 56.3 Å². The maximum atomic E-state index is 12.4. The zero-order chi connectivity index (χ0) is 16.2. The summed E-state index contributed by atoms with van der Waals surface area (Å²) >= 11 is 0. The maximum absolute atomic E-state index is 12.4. The third kappa shape index (κ3) is 3.42. The fraction of sp³-hybridized carbons (Fsp3) is 0.526. The van der Waals surface area contributed by atoms with Gasteiger partial charge in [0.05, 0.1) is 0 Å². The molecule has 1 saturated heterocycles. The number of nitrogens with one attached hydrogen (secondary N) is 1. The smallest absolute Gasteiger partial charge is 0.222 e. The number of hydrogen-bond donors (Lipinski definition) is 2. The van der Waals surface area contributed by atoms with Crippen molar-refractivity contribution >= 4 is 16.8 Å². The van der Waals surface area contributed by atoms with Crippen LogP contribution in [0, 0.1) is 11.8 Å². The standard InChI is InChI=1S/C19H26N2O2/c1-2-14-13-21(19(23)11-15(14)8-10-22)9-7-16-12-20-18-6-4-3-5-17(16)18/h3-6,12,14-15,20,22H,2,7-11,13H2,1H3/t14-,15-/m0/s1. The third-order valence-electron chi connectivity index (χ3n) is 5.26.